The number of methoxy groups -OCH3 is 1. The van der Waals surface area contributed by atoms with E-state index in [1.807, 2.05) is 0 Å². The lowest BCUT2D eigenvalue weighted by Crippen LogP contribution is -2.41. The highest BCUT2D eigenvalue weighted by Gasteiger charge is 2.29. The smallest absolute Gasteiger partial charge is 0.331 e. The maximum absolute atomic E-state index is 12.8. The molecular weight excluding hydrogens is 372 g/mol. The molecule has 29 heavy (non-hydrogen) atoms. The van der Waals surface area contributed by atoms with E-state index in [1.54, 1.807) is 68.6 Å². The molecule has 0 aromatic heterocycles. The molecule has 0 aliphatic carbocycles. The van der Waals surface area contributed by atoms with Gasteiger partial charge in [0.2, 0.25) is 5.91 Å². The second-order valence-corrected chi connectivity index (χ2v) is 6.60. The second-order valence-electron chi connectivity index (χ2n) is 6.60. The highest BCUT2D eigenvalue weighted by molar-refractivity contribution is 6.05. The van der Waals surface area contributed by atoms with E-state index in [4.69, 9.17) is 9.47 Å². The first kappa shape index (κ1) is 20.1. The second kappa shape index (κ2) is 9.05. The Hall–Kier alpha value is -3.61. The van der Waals surface area contributed by atoms with Gasteiger partial charge in [0.25, 0.3) is 5.91 Å². The van der Waals surface area contributed by atoms with Crippen LogP contribution in [-0.2, 0) is 19.1 Å². The fourth-order valence-electron chi connectivity index (χ4n) is 3.10. The zero-order chi connectivity index (χ0) is 20.8. The molecule has 1 atom stereocenters. The molecule has 150 valence electrons. The third kappa shape index (κ3) is 5.01. The van der Waals surface area contributed by atoms with Crippen LogP contribution in [0.4, 0.5) is 11.4 Å². The highest BCUT2D eigenvalue weighted by atomic mass is 16.5. The number of esters is 1. The first-order valence-electron chi connectivity index (χ1n) is 9.18. The van der Waals surface area contributed by atoms with E-state index in [9.17, 15) is 14.4 Å². The molecule has 2 aromatic rings. The van der Waals surface area contributed by atoms with E-state index in [0.717, 1.165) is 11.3 Å². The number of carbonyl (C=O) groups is 3. The van der Waals surface area contributed by atoms with E-state index in [0.29, 0.717) is 11.4 Å². The first-order chi connectivity index (χ1) is 14.0. The molecule has 0 fully saturated rings. The van der Waals surface area contributed by atoms with Gasteiger partial charge < -0.3 is 19.7 Å². The molecule has 1 aliphatic rings. The molecule has 0 saturated carbocycles. The fourth-order valence-corrected chi connectivity index (χ4v) is 3.10. The number of anilines is 2. The van der Waals surface area contributed by atoms with Crippen molar-refractivity contribution >= 4 is 35.2 Å². The van der Waals surface area contributed by atoms with Crippen molar-refractivity contribution in [3.05, 3.63) is 60.2 Å². The summed E-state index contributed by atoms with van der Waals surface area (Å²) in [6, 6.07) is 13.8. The summed E-state index contributed by atoms with van der Waals surface area (Å²) in [6.45, 7) is 1.36. The van der Waals surface area contributed by atoms with E-state index < -0.39 is 18.5 Å². The molecule has 2 aromatic carbocycles. The zero-order valence-electron chi connectivity index (χ0n) is 16.3. The number of para-hydroxylation sites is 2. The van der Waals surface area contributed by atoms with Crippen molar-refractivity contribution in [3.63, 3.8) is 0 Å². The van der Waals surface area contributed by atoms with Gasteiger partial charge in [-0.25, -0.2) is 4.79 Å². The van der Waals surface area contributed by atoms with Crippen molar-refractivity contribution in [1.82, 2.24) is 0 Å². The molecule has 7 heteroatoms. The predicted molar refractivity (Wildman–Crippen MR) is 110 cm³/mol. The SMILES string of the molecule is COc1ccc(/C=C/C(=O)OCC(=O)N2c3ccccc3NC(=O)C[C@@H]2C)cc1. The van der Waals surface area contributed by atoms with Gasteiger partial charge in [-0.1, -0.05) is 24.3 Å². The Bertz CT molecular complexity index is 936. The Morgan fingerprint density at radius 1 is 1.17 bits per heavy atom. The Labute approximate surface area is 168 Å². The number of amides is 2. The number of fused-ring (bicyclic) bond motifs is 1. The lowest BCUT2D eigenvalue weighted by molar-refractivity contribution is -0.143. The standard InChI is InChI=1S/C22H22N2O5/c1-15-13-20(25)23-18-5-3-4-6-19(18)24(15)21(26)14-29-22(27)12-9-16-7-10-17(28-2)11-8-16/h3-12,15H,13-14H2,1-2H3,(H,23,25)/b12-9+/t15-/m0/s1. The molecule has 0 saturated heterocycles. The van der Waals surface area contributed by atoms with Crippen molar-refractivity contribution in [2.24, 2.45) is 0 Å². The molecule has 7 nitrogen and oxygen atoms in total. The van der Waals surface area contributed by atoms with Gasteiger partial charge in [0.1, 0.15) is 5.75 Å². The van der Waals surface area contributed by atoms with Gasteiger partial charge in [-0.05, 0) is 42.8 Å². The molecule has 0 radical (unpaired) electrons. The Kier molecular flexibility index (Phi) is 6.29. The number of hydrogen-bond acceptors (Lipinski definition) is 5. The summed E-state index contributed by atoms with van der Waals surface area (Å²) in [5.74, 6) is -0.471. The van der Waals surface area contributed by atoms with Crippen molar-refractivity contribution in [1.29, 1.82) is 0 Å². The van der Waals surface area contributed by atoms with Gasteiger partial charge >= 0.3 is 5.97 Å². The van der Waals surface area contributed by atoms with Crippen LogP contribution < -0.4 is 15.0 Å². The van der Waals surface area contributed by atoms with E-state index in [2.05, 4.69) is 5.32 Å². The third-order valence-electron chi connectivity index (χ3n) is 4.49. The van der Waals surface area contributed by atoms with Crippen LogP contribution in [0.3, 0.4) is 0 Å². The van der Waals surface area contributed by atoms with E-state index >= 15 is 0 Å². The zero-order valence-corrected chi connectivity index (χ0v) is 16.3. The summed E-state index contributed by atoms with van der Waals surface area (Å²) in [6.07, 6.45) is 3.02. The summed E-state index contributed by atoms with van der Waals surface area (Å²) < 4.78 is 10.2. The van der Waals surface area contributed by atoms with E-state index in [1.165, 1.54) is 11.0 Å². The molecule has 1 N–H and O–H groups in total. The average Bonchev–Trinajstić information content (AvgIpc) is 2.85. The average molecular weight is 394 g/mol. The van der Waals surface area contributed by atoms with E-state index in [-0.39, 0.29) is 18.4 Å². The normalized spacial score (nSPS) is 16.0. The maximum Gasteiger partial charge on any atom is 0.331 e. The summed E-state index contributed by atoms with van der Waals surface area (Å²) in [5, 5.41) is 2.79. The van der Waals surface area contributed by atoms with Crippen molar-refractivity contribution in [2.45, 2.75) is 19.4 Å². The topological polar surface area (TPSA) is 84.9 Å². The summed E-state index contributed by atoms with van der Waals surface area (Å²) in [5.41, 5.74) is 1.94. The molecule has 1 aliphatic heterocycles. The molecule has 3 rings (SSSR count). The Morgan fingerprint density at radius 2 is 1.90 bits per heavy atom. The summed E-state index contributed by atoms with van der Waals surface area (Å²) in [4.78, 5) is 38.2. The van der Waals surface area contributed by atoms with Crippen LogP contribution >= 0.6 is 0 Å². The van der Waals surface area contributed by atoms with Crippen LogP contribution in [-0.4, -0.2) is 37.5 Å². The highest BCUT2D eigenvalue weighted by Crippen LogP contribution is 2.31. The number of ether oxygens (including phenoxy) is 2. The molecular formula is C22H22N2O5. The van der Waals surface area contributed by atoms with Gasteiger partial charge in [-0.3, -0.25) is 9.59 Å². The van der Waals surface area contributed by atoms with Gasteiger partial charge in [0, 0.05) is 18.5 Å². The number of nitrogens with zero attached hydrogens (tertiary/aromatic N) is 1. The predicted octanol–water partition coefficient (Wildman–Crippen LogP) is 3.02. The van der Waals surface area contributed by atoms with Crippen LogP contribution in [0.1, 0.15) is 18.9 Å². The van der Waals surface area contributed by atoms with Gasteiger partial charge in [-0.2, -0.15) is 0 Å². The molecule has 0 spiro atoms. The summed E-state index contributed by atoms with van der Waals surface area (Å²) in [7, 11) is 1.58. The van der Waals surface area contributed by atoms with Crippen LogP contribution in [0.25, 0.3) is 6.08 Å². The van der Waals surface area contributed by atoms with Crippen LogP contribution in [0, 0.1) is 0 Å². The monoisotopic (exact) mass is 394 g/mol. The maximum atomic E-state index is 12.8. The van der Waals surface area contributed by atoms with Crippen molar-refractivity contribution in [2.75, 3.05) is 23.9 Å². The Morgan fingerprint density at radius 3 is 2.62 bits per heavy atom. The van der Waals surface area contributed by atoms with Crippen LogP contribution in [0.5, 0.6) is 5.75 Å². The van der Waals surface area contributed by atoms with Gasteiger partial charge in [-0.15, -0.1) is 0 Å². The van der Waals surface area contributed by atoms with Crippen molar-refractivity contribution in [3.8, 4) is 5.75 Å². The summed E-state index contributed by atoms with van der Waals surface area (Å²) >= 11 is 0. The minimum atomic E-state index is -0.626. The number of hydrogen-bond donors (Lipinski definition) is 1. The molecule has 1 heterocycles. The number of benzene rings is 2. The largest absolute Gasteiger partial charge is 0.497 e. The fraction of sp³-hybridized carbons (Fsp3) is 0.227. The lowest BCUT2D eigenvalue weighted by atomic mass is 10.1. The van der Waals surface area contributed by atoms with Crippen LogP contribution in [0.15, 0.2) is 54.6 Å². The lowest BCUT2D eigenvalue weighted by Gasteiger charge is -2.27. The van der Waals surface area contributed by atoms with Crippen molar-refractivity contribution < 1.29 is 23.9 Å². The number of rotatable bonds is 5. The molecule has 2 amide bonds. The Balaban J connectivity index is 1.64. The third-order valence-corrected chi connectivity index (χ3v) is 4.49. The molecule has 0 unspecified atom stereocenters. The first-order valence-corrected chi connectivity index (χ1v) is 9.18. The molecule has 0 bridgehead atoms. The minimum absolute atomic E-state index is 0.158. The quantitative estimate of drug-likeness (QED) is 0.622. The van der Waals surface area contributed by atoms with Gasteiger partial charge in [0.15, 0.2) is 6.61 Å². The number of carbonyl (C=O) groups excluding carboxylic acids is 3. The number of nitrogens with one attached hydrogen (secondary N) is 1. The van der Waals surface area contributed by atoms with Crippen LogP contribution in [0.2, 0.25) is 0 Å². The van der Waals surface area contributed by atoms with Gasteiger partial charge in [0.05, 0.1) is 18.5 Å². The minimum Gasteiger partial charge on any atom is -0.497 e.